The molecule has 0 heterocycles. The van der Waals surface area contributed by atoms with Gasteiger partial charge in [-0.05, 0) is 30.5 Å². The molecule has 0 aliphatic carbocycles. The minimum atomic E-state index is -4.15. The lowest BCUT2D eigenvalue weighted by molar-refractivity contribution is 0.406. The molecule has 0 aromatic heterocycles. The average Bonchev–Trinajstić information content (AvgIpc) is 2.40. The van der Waals surface area contributed by atoms with Gasteiger partial charge in [0.1, 0.15) is 5.75 Å². The van der Waals surface area contributed by atoms with Gasteiger partial charge in [-0.15, -0.1) is 3.74 Å². The summed E-state index contributed by atoms with van der Waals surface area (Å²) in [6.45, 7) is 2.19. The molecule has 0 atom stereocenters. The minimum absolute atomic E-state index is 0.190. The Bertz CT molecular complexity index is 456. The first-order valence-corrected chi connectivity index (χ1v) is 8.05. The van der Waals surface area contributed by atoms with Crippen molar-refractivity contribution in [1.29, 1.82) is 0 Å². The van der Waals surface area contributed by atoms with Crippen LogP contribution in [0.2, 0.25) is 0 Å². The van der Waals surface area contributed by atoms with Crippen molar-refractivity contribution >= 4 is 22.3 Å². The predicted molar refractivity (Wildman–Crippen MR) is 75.4 cm³/mol. The molecule has 0 bridgehead atoms. The van der Waals surface area contributed by atoms with Crippen molar-refractivity contribution in [2.45, 2.75) is 45.4 Å². The zero-order chi connectivity index (χ0) is 14.1. The number of halogens is 1. The Morgan fingerprint density at radius 3 is 2.26 bits per heavy atom. The monoisotopic (exact) mass is 306 g/mol. The molecule has 0 N–H and O–H groups in total. The summed E-state index contributed by atoms with van der Waals surface area (Å²) in [7, 11) is -4.15. The van der Waals surface area contributed by atoms with E-state index in [1.807, 2.05) is 12.1 Å². The van der Waals surface area contributed by atoms with Crippen molar-refractivity contribution in [3.63, 3.8) is 0 Å². The van der Waals surface area contributed by atoms with E-state index in [0.29, 0.717) is 0 Å². The average molecular weight is 307 g/mol. The van der Waals surface area contributed by atoms with Crippen LogP contribution in [0, 0.1) is 0 Å². The molecule has 0 aliphatic heterocycles. The molecule has 0 aliphatic rings. The van der Waals surface area contributed by atoms with E-state index in [9.17, 15) is 8.42 Å². The molecule has 0 saturated heterocycles. The van der Waals surface area contributed by atoms with Gasteiger partial charge < -0.3 is 4.18 Å². The molecule has 108 valence electrons. The van der Waals surface area contributed by atoms with Gasteiger partial charge in [-0.2, -0.15) is 8.42 Å². The van der Waals surface area contributed by atoms with E-state index in [-0.39, 0.29) is 5.75 Å². The Balaban J connectivity index is 2.39. The molecular weight excluding hydrogens is 288 g/mol. The molecule has 0 fully saturated rings. The Morgan fingerprint density at radius 2 is 1.68 bits per heavy atom. The van der Waals surface area contributed by atoms with Crippen LogP contribution in [-0.4, -0.2) is 8.42 Å². The van der Waals surface area contributed by atoms with E-state index in [1.165, 1.54) is 25.7 Å². The highest BCUT2D eigenvalue weighted by Gasteiger charge is 2.12. The van der Waals surface area contributed by atoms with E-state index in [2.05, 4.69) is 14.8 Å². The SMILES string of the molecule is CCCCCCCc1ccc(OS(=O)(=O)OCl)cc1. The summed E-state index contributed by atoms with van der Waals surface area (Å²) in [5.74, 6) is 0.190. The normalized spacial score (nSPS) is 11.5. The first-order valence-electron chi connectivity index (χ1n) is 6.41. The summed E-state index contributed by atoms with van der Waals surface area (Å²) in [6.07, 6.45) is 7.14. The van der Waals surface area contributed by atoms with E-state index in [0.717, 1.165) is 18.4 Å². The number of hydrogen-bond acceptors (Lipinski definition) is 4. The van der Waals surface area contributed by atoms with Crippen LogP contribution in [0.15, 0.2) is 24.3 Å². The Kier molecular flexibility index (Phi) is 7.20. The third-order valence-electron chi connectivity index (χ3n) is 2.77. The van der Waals surface area contributed by atoms with Gasteiger partial charge in [0.15, 0.2) is 0 Å². The summed E-state index contributed by atoms with van der Waals surface area (Å²) in [4.78, 5) is 0. The van der Waals surface area contributed by atoms with Crippen LogP contribution in [0.1, 0.15) is 44.6 Å². The second-order valence-corrected chi connectivity index (χ2v) is 5.85. The molecule has 0 radical (unpaired) electrons. The molecule has 1 aromatic rings. The van der Waals surface area contributed by atoms with Crippen molar-refractivity contribution in [3.8, 4) is 5.75 Å². The van der Waals surface area contributed by atoms with Crippen molar-refractivity contribution in [2.75, 3.05) is 0 Å². The number of rotatable bonds is 9. The fourth-order valence-electron chi connectivity index (χ4n) is 1.78. The van der Waals surface area contributed by atoms with Crippen molar-refractivity contribution in [3.05, 3.63) is 29.8 Å². The maximum Gasteiger partial charge on any atom is 0.465 e. The number of unbranched alkanes of at least 4 members (excludes halogenated alkanes) is 4. The zero-order valence-corrected chi connectivity index (χ0v) is 12.5. The minimum Gasteiger partial charge on any atom is -0.361 e. The van der Waals surface area contributed by atoms with Crippen LogP contribution in [0.4, 0.5) is 0 Å². The molecule has 0 saturated carbocycles. The van der Waals surface area contributed by atoms with Crippen molar-refractivity contribution in [2.24, 2.45) is 0 Å². The highest BCUT2D eigenvalue weighted by Crippen LogP contribution is 2.17. The van der Waals surface area contributed by atoms with Crippen LogP contribution in [0.3, 0.4) is 0 Å². The second kappa shape index (κ2) is 8.40. The van der Waals surface area contributed by atoms with E-state index < -0.39 is 10.4 Å². The topological polar surface area (TPSA) is 52.6 Å². The third kappa shape index (κ3) is 6.80. The van der Waals surface area contributed by atoms with E-state index in [4.69, 9.17) is 11.9 Å². The number of aryl methyl sites for hydroxylation is 1. The lowest BCUT2D eigenvalue weighted by atomic mass is 10.1. The van der Waals surface area contributed by atoms with Gasteiger partial charge in [0.05, 0.1) is 11.9 Å². The highest BCUT2D eigenvalue weighted by atomic mass is 35.5. The van der Waals surface area contributed by atoms with Gasteiger partial charge in [0.2, 0.25) is 0 Å². The maximum atomic E-state index is 10.9. The molecule has 0 unspecified atom stereocenters. The van der Waals surface area contributed by atoms with Gasteiger partial charge >= 0.3 is 10.4 Å². The van der Waals surface area contributed by atoms with Crippen molar-refractivity contribution in [1.82, 2.24) is 0 Å². The van der Waals surface area contributed by atoms with Gasteiger partial charge in [-0.1, -0.05) is 44.7 Å². The standard InChI is InChI=1S/C13H19ClO4S/c1-2-3-4-5-6-7-12-8-10-13(11-9-12)17-19(15,16)18-14/h8-11H,2-7H2,1H3. The summed E-state index contributed by atoms with van der Waals surface area (Å²) >= 11 is 4.77. The molecule has 19 heavy (non-hydrogen) atoms. The maximum absolute atomic E-state index is 10.9. The highest BCUT2D eigenvalue weighted by molar-refractivity contribution is 7.82. The third-order valence-corrected chi connectivity index (χ3v) is 3.78. The van der Waals surface area contributed by atoms with E-state index in [1.54, 1.807) is 12.1 Å². The second-order valence-electron chi connectivity index (χ2n) is 4.36. The molecule has 6 heteroatoms. The molecular formula is C13H19ClO4S. The Labute approximate surface area is 120 Å². The Hall–Kier alpha value is -0.780. The zero-order valence-electron chi connectivity index (χ0n) is 11.0. The van der Waals surface area contributed by atoms with Crippen LogP contribution >= 0.6 is 11.9 Å². The molecule has 4 nitrogen and oxygen atoms in total. The fourth-order valence-corrected chi connectivity index (χ4v) is 2.22. The molecule has 1 aromatic carbocycles. The molecule has 0 amide bonds. The van der Waals surface area contributed by atoms with Gasteiger partial charge in [0.25, 0.3) is 0 Å². The molecule has 1 rings (SSSR count). The predicted octanol–water partition coefficient (Wildman–Crippen LogP) is 3.99. The van der Waals surface area contributed by atoms with Gasteiger partial charge in [-0.25, -0.2) is 0 Å². The smallest absolute Gasteiger partial charge is 0.361 e. The summed E-state index contributed by atoms with van der Waals surface area (Å²) in [5, 5.41) is 0. The largest absolute Gasteiger partial charge is 0.465 e. The summed E-state index contributed by atoms with van der Waals surface area (Å²) < 4.78 is 30.2. The van der Waals surface area contributed by atoms with Crippen molar-refractivity contribution < 1.29 is 16.3 Å². The summed E-state index contributed by atoms with van der Waals surface area (Å²) in [6, 6.07) is 6.88. The van der Waals surface area contributed by atoms with Crippen LogP contribution in [-0.2, 0) is 20.6 Å². The Morgan fingerprint density at radius 1 is 1.05 bits per heavy atom. The quantitative estimate of drug-likeness (QED) is 0.647. The summed E-state index contributed by atoms with van der Waals surface area (Å²) in [5.41, 5.74) is 1.16. The number of benzene rings is 1. The first kappa shape index (κ1) is 16.3. The fraction of sp³-hybridized carbons (Fsp3) is 0.538. The van der Waals surface area contributed by atoms with Crippen LogP contribution < -0.4 is 4.18 Å². The number of hydrogen-bond donors (Lipinski definition) is 0. The molecule has 0 spiro atoms. The van der Waals surface area contributed by atoms with Crippen LogP contribution in [0.25, 0.3) is 0 Å². The van der Waals surface area contributed by atoms with Gasteiger partial charge in [-0.3, -0.25) is 0 Å². The first-order chi connectivity index (χ1) is 9.07. The van der Waals surface area contributed by atoms with E-state index >= 15 is 0 Å². The van der Waals surface area contributed by atoms with Crippen LogP contribution in [0.5, 0.6) is 5.75 Å². The van der Waals surface area contributed by atoms with Gasteiger partial charge in [0, 0.05) is 0 Å². The lowest BCUT2D eigenvalue weighted by Gasteiger charge is -2.05. The lowest BCUT2D eigenvalue weighted by Crippen LogP contribution is -2.08.